The Morgan fingerprint density at radius 1 is 1.58 bits per heavy atom. The molecule has 0 spiro atoms. The van der Waals surface area contributed by atoms with Crippen LogP contribution in [0.1, 0.15) is 19.9 Å². The quantitative estimate of drug-likeness (QED) is 0.736. The van der Waals surface area contributed by atoms with E-state index in [-0.39, 0.29) is 5.92 Å². The van der Waals surface area contributed by atoms with Crippen LogP contribution in [0.3, 0.4) is 0 Å². The summed E-state index contributed by atoms with van der Waals surface area (Å²) in [5.74, 6) is -0.795. The average molecular weight is 168 g/mol. The second-order valence-corrected chi connectivity index (χ2v) is 3.01. The lowest BCUT2D eigenvalue weighted by Gasteiger charge is -2.15. The van der Waals surface area contributed by atoms with Crippen molar-refractivity contribution < 1.29 is 9.90 Å². The van der Waals surface area contributed by atoms with Crippen LogP contribution in [-0.4, -0.2) is 20.9 Å². The van der Waals surface area contributed by atoms with E-state index in [9.17, 15) is 4.79 Å². The van der Waals surface area contributed by atoms with Crippen LogP contribution in [0, 0.1) is 5.92 Å². The summed E-state index contributed by atoms with van der Waals surface area (Å²) in [7, 11) is 0. The van der Waals surface area contributed by atoms with E-state index in [1.54, 1.807) is 18.5 Å². The van der Waals surface area contributed by atoms with Crippen molar-refractivity contribution in [2.24, 2.45) is 5.92 Å². The van der Waals surface area contributed by atoms with Crippen molar-refractivity contribution in [3.05, 3.63) is 18.5 Å². The molecular weight excluding hydrogens is 156 g/mol. The first-order valence-electron chi connectivity index (χ1n) is 3.85. The number of hydrogen-bond acceptors (Lipinski definition) is 2. The molecule has 1 heterocycles. The van der Waals surface area contributed by atoms with Crippen LogP contribution in [0.25, 0.3) is 0 Å². The Bertz CT molecular complexity index is 254. The van der Waals surface area contributed by atoms with E-state index in [2.05, 4.69) is 5.10 Å². The van der Waals surface area contributed by atoms with Crippen molar-refractivity contribution in [2.75, 3.05) is 0 Å². The van der Waals surface area contributed by atoms with Crippen molar-refractivity contribution >= 4 is 5.97 Å². The third-order valence-electron chi connectivity index (χ3n) is 1.69. The van der Waals surface area contributed by atoms with Gasteiger partial charge in [0.2, 0.25) is 0 Å². The molecule has 0 unspecified atom stereocenters. The number of carbonyl (C=O) groups is 1. The maximum Gasteiger partial charge on any atom is 0.328 e. The molecule has 1 aromatic heterocycles. The van der Waals surface area contributed by atoms with Gasteiger partial charge < -0.3 is 5.11 Å². The highest BCUT2D eigenvalue weighted by molar-refractivity contribution is 5.71. The zero-order valence-electron chi connectivity index (χ0n) is 7.14. The second-order valence-electron chi connectivity index (χ2n) is 3.01. The van der Waals surface area contributed by atoms with Crippen LogP contribution in [0.2, 0.25) is 0 Å². The molecule has 0 fully saturated rings. The second kappa shape index (κ2) is 3.38. The molecule has 0 aliphatic rings. The number of nitrogens with zero attached hydrogens (tertiary/aromatic N) is 2. The summed E-state index contributed by atoms with van der Waals surface area (Å²) < 4.78 is 1.47. The highest BCUT2D eigenvalue weighted by Crippen LogP contribution is 2.15. The first kappa shape index (κ1) is 8.77. The van der Waals surface area contributed by atoms with Gasteiger partial charge in [-0.1, -0.05) is 13.8 Å². The smallest absolute Gasteiger partial charge is 0.328 e. The molecule has 0 bridgehead atoms. The van der Waals surface area contributed by atoms with Gasteiger partial charge in [-0.3, -0.25) is 4.68 Å². The maximum absolute atomic E-state index is 10.8. The zero-order valence-corrected chi connectivity index (χ0v) is 7.14. The zero-order chi connectivity index (χ0) is 9.14. The van der Waals surface area contributed by atoms with E-state index in [4.69, 9.17) is 5.11 Å². The van der Waals surface area contributed by atoms with Gasteiger partial charge in [-0.2, -0.15) is 5.10 Å². The van der Waals surface area contributed by atoms with Crippen molar-refractivity contribution in [1.29, 1.82) is 0 Å². The molecule has 0 aromatic carbocycles. The Morgan fingerprint density at radius 2 is 2.25 bits per heavy atom. The molecule has 1 rings (SSSR count). The molecule has 66 valence electrons. The molecule has 1 N–H and O–H groups in total. The summed E-state index contributed by atoms with van der Waals surface area (Å²) >= 11 is 0. The number of carboxylic acids is 1. The Balaban J connectivity index is 2.88. The molecule has 4 heteroatoms. The summed E-state index contributed by atoms with van der Waals surface area (Å²) in [5, 5.41) is 12.7. The lowest BCUT2D eigenvalue weighted by molar-refractivity contribution is -0.142. The van der Waals surface area contributed by atoms with Crippen molar-refractivity contribution in [2.45, 2.75) is 19.9 Å². The van der Waals surface area contributed by atoms with Gasteiger partial charge in [-0.05, 0) is 12.0 Å². The third-order valence-corrected chi connectivity index (χ3v) is 1.69. The lowest BCUT2D eigenvalue weighted by atomic mass is 10.1. The molecule has 0 radical (unpaired) electrons. The van der Waals surface area contributed by atoms with Gasteiger partial charge in [0.1, 0.15) is 0 Å². The van der Waals surface area contributed by atoms with Gasteiger partial charge in [-0.15, -0.1) is 0 Å². The molecular formula is C8H12N2O2. The Hall–Kier alpha value is -1.32. The summed E-state index contributed by atoms with van der Waals surface area (Å²) in [6.07, 6.45) is 3.25. The lowest BCUT2D eigenvalue weighted by Crippen LogP contribution is -2.24. The summed E-state index contributed by atoms with van der Waals surface area (Å²) in [4.78, 5) is 10.8. The highest BCUT2D eigenvalue weighted by atomic mass is 16.4. The summed E-state index contributed by atoms with van der Waals surface area (Å²) in [6, 6.07) is 1.16. The number of aromatic nitrogens is 2. The molecule has 1 atom stereocenters. The van der Waals surface area contributed by atoms with E-state index in [1.807, 2.05) is 13.8 Å². The standard InChI is InChI=1S/C8H12N2O2/c1-6(2)7(8(11)12)10-5-3-4-9-10/h3-7H,1-2H3,(H,11,12)/t7-/m0/s1. The van der Waals surface area contributed by atoms with E-state index >= 15 is 0 Å². The molecule has 12 heavy (non-hydrogen) atoms. The fraction of sp³-hybridized carbons (Fsp3) is 0.500. The van der Waals surface area contributed by atoms with Crippen LogP contribution in [-0.2, 0) is 4.79 Å². The van der Waals surface area contributed by atoms with E-state index in [0.717, 1.165) is 0 Å². The maximum atomic E-state index is 10.8. The fourth-order valence-electron chi connectivity index (χ4n) is 1.15. The molecule has 0 saturated heterocycles. The van der Waals surface area contributed by atoms with Gasteiger partial charge in [0.15, 0.2) is 6.04 Å². The van der Waals surface area contributed by atoms with Gasteiger partial charge >= 0.3 is 5.97 Å². The van der Waals surface area contributed by atoms with Crippen LogP contribution >= 0.6 is 0 Å². The van der Waals surface area contributed by atoms with E-state index < -0.39 is 12.0 Å². The van der Waals surface area contributed by atoms with Gasteiger partial charge in [0, 0.05) is 12.4 Å². The average Bonchev–Trinajstić information content (AvgIpc) is 2.37. The molecule has 0 amide bonds. The third kappa shape index (κ3) is 1.64. The normalized spacial score (nSPS) is 13.2. The monoisotopic (exact) mass is 168 g/mol. The molecule has 1 aromatic rings. The van der Waals surface area contributed by atoms with Crippen LogP contribution in [0.5, 0.6) is 0 Å². The van der Waals surface area contributed by atoms with Crippen molar-refractivity contribution in [3.63, 3.8) is 0 Å². The number of carboxylic acid groups (broad SMARTS) is 1. The van der Waals surface area contributed by atoms with Crippen LogP contribution < -0.4 is 0 Å². The first-order chi connectivity index (χ1) is 5.63. The van der Waals surface area contributed by atoms with Crippen molar-refractivity contribution in [1.82, 2.24) is 9.78 Å². The highest BCUT2D eigenvalue weighted by Gasteiger charge is 2.23. The van der Waals surface area contributed by atoms with Crippen LogP contribution in [0.4, 0.5) is 0 Å². The minimum atomic E-state index is -0.839. The predicted molar refractivity (Wildman–Crippen MR) is 43.7 cm³/mol. The van der Waals surface area contributed by atoms with E-state index in [0.29, 0.717) is 0 Å². The summed E-state index contributed by atoms with van der Waals surface area (Å²) in [5.41, 5.74) is 0. The minimum absolute atomic E-state index is 0.0439. The predicted octanol–water partition coefficient (Wildman–Crippen LogP) is 1.16. The number of aliphatic carboxylic acids is 1. The Kier molecular flexibility index (Phi) is 2.47. The molecule has 0 saturated carbocycles. The molecule has 0 aliphatic heterocycles. The van der Waals surface area contributed by atoms with Crippen LogP contribution in [0.15, 0.2) is 18.5 Å². The SMILES string of the molecule is CC(C)[C@@H](C(=O)O)n1cccn1. The Morgan fingerprint density at radius 3 is 2.58 bits per heavy atom. The fourth-order valence-corrected chi connectivity index (χ4v) is 1.15. The van der Waals surface area contributed by atoms with Gasteiger partial charge in [-0.25, -0.2) is 4.79 Å². The summed E-state index contributed by atoms with van der Waals surface area (Å²) in [6.45, 7) is 3.72. The number of hydrogen-bond donors (Lipinski definition) is 1. The molecule has 0 aliphatic carbocycles. The first-order valence-corrected chi connectivity index (χ1v) is 3.85. The topological polar surface area (TPSA) is 55.1 Å². The number of rotatable bonds is 3. The largest absolute Gasteiger partial charge is 0.480 e. The Labute approximate surface area is 70.8 Å². The van der Waals surface area contributed by atoms with Gasteiger partial charge in [0.25, 0.3) is 0 Å². The van der Waals surface area contributed by atoms with E-state index in [1.165, 1.54) is 4.68 Å². The minimum Gasteiger partial charge on any atom is -0.480 e. The molecule has 4 nitrogen and oxygen atoms in total. The van der Waals surface area contributed by atoms with Crippen molar-refractivity contribution in [3.8, 4) is 0 Å². The van der Waals surface area contributed by atoms with Gasteiger partial charge in [0.05, 0.1) is 0 Å².